The van der Waals surface area contributed by atoms with Crippen LogP contribution in [0.1, 0.15) is 32.0 Å². The van der Waals surface area contributed by atoms with Gasteiger partial charge in [0.25, 0.3) is 0 Å². The third-order valence-corrected chi connectivity index (χ3v) is 2.31. The lowest BCUT2D eigenvalue weighted by molar-refractivity contribution is 0.355. The number of nitrogens with two attached hydrogens (primary N) is 1. The van der Waals surface area contributed by atoms with Crippen LogP contribution in [0.25, 0.3) is 0 Å². The van der Waals surface area contributed by atoms with Crippen molar-refractivity contribution in [1.29, 1.82) is 0 Å². The third kappa shape index (κ3) is 4.11. The Bertz CT molecular complexity index is 280. The van der Waals surface area contributed by atoms with E-state index < -0.39 is 0 Å². The first-order chi connectivity index (χ1) is 6.51. The first-order valence-corrected chi connectivity index (χ1v) is 6.00. The number of aryl methyl sites for hydroxylation is 1. The molecule has 1 aromatic rings. The van der Waals surface area contributed by atoms with Crippen molar-refractivity contribution in [2.24, 2.45) is 5.73 Å². The molecule has 4 nitrogen and oxygen atoms in total. The zero-order valence-corrected chi connectivity index (χ0v) is 9.73. The molecule has 5 heteroatoms. The van der Waals surface area contributed by atoms with E-state index in [0.29, 0.717) is 5.89 Å². The lowest BCUT2D eigenvalue weighted by Crippen LogP contribution is -2.32. The largest absolute Gasteiger partial charge is 0.339 e. The minimum absolute atomic E-state index is 0.172. The van der Waals surface area contributed by atoms with Gasteiger partial charge in [-0.2, -0.15) is 16.7 Å². The van der Waals surface area contributed by atoms with Crippen molar-refractivity contribution in [2.45, 2.75) is 38.0 Å². The van der Waals surface area contributed by atoms with Crippen molar-refractivity contribution in [3.63, 3.8) is 0 Å². The van der Waals surface area contributed by atoms with Crippen molar-refractivity contribution in [2.75, 3.05) is 6.26 Å². The molecule has 0 aliphatic heterocycles. The van der Waals surface area contributed by atoms with Gasteiger partial charge in [0.05, 0.1) is 5.75 Å². The average Bonchev–Trinajstić information content (AvgIpc) is 2.49. The summed E-state index contributed by atoms with van der Waals surface area (Å²) in [5.74, 6) is 2.25. The summed E-state index contributed by atoms with van der Waals surface area (Å²) in [7, 11) is 0. The van der Waals surface area contributed by atoms with Crippen LogP contribution < -0.4 is 5.73 Å². The smallest absolute Gasteiger partial charge is 0.226 e. The van der Waals surface area contributed by atoms with Gasteiger partial charge >= 0.3 is 0 Å². The maximum atomic E-state index is 5.85. The molecule has 1 aromatic heterocycles. The van der Waals surface area contributed by atoms with Gasteiger partial charge in [-0.1, -0.05) is 5.16 Å². The number of thioether (sulfide) groups is 1. The van der Waals surface area contributed by atoms with Crippen molar-refractivity contribution >= 4 is 11.8 Å². The van der Waals surface area contributed by atoms with Crippen molar-refractivity contribution in [3.8, 4) is 0 Å². The van der Waals surface area contributed by atoms with Crippen molar-refractivity contribution in [3.05, 3.63) is 11.7 Å². The molecule has 0 unspecified atom stereocenters. The summed E-state index contributed by atoms with van der Waals surface area (Å²) in [4.78, 5) is 4.25. The second-order valence-electron chi connectivity index (χ2n) is 4.03. The number of aromatic nitrogens is 2. The Morgan fingerprint density at radius 3 is 2.79 bits per heavy atom. The van der Waals surface area contributed by atoms with Crippen LogP contribution in [0.3, 0.4) is 0 Å². The molecule has 0 aromatic carbocycles. The molecule has 1 rings (SSSR count). The Hall–Kier alpha value is -0.550. The molecule has 0 aliphatic carbocycles. The van der Waals surface area contributed by atoms with E-state index in [1.54, 1.807) is 11.8 Å². The molecule has 0 bridgehead atoms. The molecule has 1 heterocycles. The van der Waals surface area contributed by atoms with Crippen LogP contribution in [0, 0.1) is 0 Å². The van der Waals surface area contributed by atoms with Crippen LogP contribution >= 0.6 is 11.8 Å². The minimum atomic E-state index is -0.172. The fourth-order valence-electron chi connectivity index (χ4n) is 1.01. The topological polar surface area (TPSA) is 64.9 Å². The predicted molar refractivity (Wildman–Crippen MR) is 58.1 cm³/mol. The summed E-state index contributed by atoms with van der Waals surface area (Å²) in [6, 6.07) is 0. The highest BCUT2D eigenvalue weighted by Crippen LogP contribution is 2.11. The highest BCUT2D eigenvalue weighted by Gasteiger charge is 2.13. The molecule has 0 saturated carbocycles. The van der Waals surface area contributed by atoms with Gasteiger partial charge in [-0.25, -0.2) is 0 Å². The highest BCUT2D eigenvalue weighted by molar-refractivity contribution is 7.97. The van der Waals surface area contributed by atoms with Crippen LogP contribution in [0.2, 0.25) is 0 Å². The fraction of sp³-hybridized carbons (Fsp3) is 0.778. The summed E-state index contributed by atoms with van der Waals surface area (Å²) in [5, 5.41) is 3.86. The standard InChI is InChI=1S/C9H17N3OS/c1-9(2,10)5-4-8-11-7(6-14-3)12-13-8/h4-6,10H2,1-3H3. The lowest BCUT2D eigenvalue weighted by Gasteiger charge is -2.16. The van der Waals surface area contributed by atoms with Gasteiger partial charge in [-0.15, -0.1) is 0 Å². The monoisotopic (exact) mass is 215 g/mol. The van der Waals surface area contributed by atoms with Crippen molar-refractivity contribution in [1.82, 2.24) is 10.1 Å². The zero-order chi connectivity index (χ0) is 10.6. The van der Waals surface area contributed by atoms with Crippen LogP contribution in [0.15, 0.2) is 4.52 Å². The molecule has 2 N–H and O–H groups in total. The molecule has 0 radical (unpaired) electrons. The van der Waals surface area contributed by atoms with E-state index in [4.69, 9.17) is 10.3 Å². The SMILES string of the molecule is CSCc1noc(CCC(C)(C)N)n1. The number of hydrogen-bond donors (Lipinski definition) is 1. The van der Waals surface area contributed by atoms with E-state index >= 15 is 0 Å². The number of hydrogen-bond acceptors (Lipinski definition) is 5. The van der Waals surface area contributed by atoms with Gasteiger partial charge in [-0.05, 0) is 26.5 Å². The molecule has 0 aliphatic rings. The summed E-state index contributed by atoms with van der Waals surface area (Å²) in [6.07, 6.45) is 3.62. The van der Waals surface area contributed by atoms with E-state index in [1.165, 1.54) is 0 Å². The fourth-order valence-corrected chi connectivity index (χ4v) is 1.38. The van der Waals surface area contributed by atoms with E-state index in [-0.39, 0.29) is 5.54 Å². The van der Waals surface area contributed by atoms with Crippen LogP contribution in [-0.2, 0) is 12.2 Å². The molecular formula is C9H17N3OS. The normalized spacial score (nSPS) is 12.0. The Balaban J connectivity index is 2.44. The summed E-state index contributed by atoms with van der Waals surface area (Å²) in [6.45, 7) is 3.98. The van der Waals surface area contributed by atoms with Gasteiger partial charge in [0, 0.05) is 12.0 Å². The van der Waals surface area contributed by atoms with Gasteiger partial charge in [0.1, 0.15) is 0 Å². The van der Waals surface area contributed by atoms with E-state index in [1.807, 2.05) is 20.1 Å². The predicted octanol–water partition coefficient (Wildman–Crippen LogP) is 1.60. The Morgan fingerprint density at radius 2 is 2.21 bits per heavy atom. The van der Waals surface area contributed by atoms with E-state index in [9.17, 15) is 0 Å². The number of rotatable bonds is 5. The molecule has 0 saturated heterocycles. The Kier molecular flexibility index (Phi) is 3.95. The molecule has 0 fully saturated rings. The van der Waals surface area contributed by atoms with Gasteiger partial charge < -0.3 is 10.3 Å². The molecule has 80 valence electrons. The molecule has 0 amide bonds. The molecule has 0 atom stereocenters. The molecule has 0 spiro atoms. The average molecular weight is 215 g/mol. The lowest BCUT2D eigenvalue weighted by atomic mass is 10.0. The first kappa shape index (κ1) is 11.5. The second kappa shape index (κ2) is 4.79. The summed E-state index contributed by atoms with van der Waals surface area (Å²) >= 11 is 1.68. The molecule has 14 heavy (non-hydrogen) atoms. The Labute approximate surface area is 88.6 Å². The quantitative estimate of drug-likeness (QED) is 0.808. The highest BCUT2D eigenvalue weighted by atomic mass is 32.2. The van der Waals surface area contributed by atoms with Gasteiger partial charge in [-0.3, -0.25) is 0 Å². The maximum absolute atomic E-state index is 5.85. The van der Waals surface area contributed by atoms with Gasteiger partial charge in [0.2, 0.25) is 5.89 Å². The third-order valence-electron chi connectivity index (χ3n) is 1.77. The van der Waals surface area contributed by atoms with E-state index in [2.05, 4.69) is 10.1 Å². The zero-order valence-electron chi connectivity index (χ0n) is 8.91. The first-order valence-electron chi connectivity index (χ1n) is 4.60. The number of nitrogens with zero attached hydrogens (tertiary/aromatic N) is 2. The maximum Gasteiger partial charge on any atom is 0.226 e. The van der Waals surface area contributed by atoms with Crippen molar-refractivity contribution < 1.29 is 4.52 Å². The van der Waals surface area contributed by atoms with Crippen LogP contribution in [0.5, 0.6) is 0 Å². The van der Waals surface area contributed by atoms with E-state index in [0.717, 1.165) is 24.4 Å². The minimum Gasteiger partial charge on any atom is -0.339 e. The van der Waals surface area contributed by atoms with Gasteiger partial charge in [0.15, 0.2) is 5.82 Å². The Morgan fingerprint density at radius 1 is 1.50 bits per heavy atom. The van der Waals surface area contributed by atoms with Crippen LogP contribution in [0.4, 0.5) is 0 Å². The summed E-state index contributed by atoms with van der Waals surface area (Å²) in [5.41, 5.74) is 5.68. The van der Waals surface area contributed by atoms with Crippen LogP contribution in [-0.4, -0.2) is 21.9 Å². The molecular weight excluding hydrogens is 198 g/mol. The summed E-state index contributed by atoms with van der Waals surface area (Å²) < 4.78 is 5.08. The second-order valence-corrected chi connectivity index (χ2v) is 4.89.